The van der Waals surface area contributed by atoms with Gasteiger partial charge in [0, 0.05) is 42.5 Å². The first-order valence-electron chi connectivity index (χ1n) is 13.1. The minimum atomic E-state index is -2.03. The largest absolute Gasteiger partial charge is 0.445 e. The third kappa shape index (κ3) is 9.74. The summed E-state index contributed by atoms with van der Waals surface area (Å²) in [6.45, 7) is 11.5. The fourth-order valence-electron chi connectivity index (χ4n) is 3.95. The van der Waals surface area contributed by atoms with Crippen LogP contribution >= 0.6 is 0 Å². The van der Waals surface area contributed by atoms with Crippen LogP contribution in [0.2, 0.25) is 18.1 Å². The molecular weight excluding hydrogens is 478 g/mol. The molecule has 37 heavy (non-hydrogen) atoms. The van der Waals surface area contributed by atoms with Crippen molar-refractivity contribution in [1.29, 1.82) is 0 Å². The number of amides is 1. The number of alkyl carbamates (subject to hydrolysis) is 1. The predicted octanol–water partition coefficient (Wildman–Crippen LogP) is 6.73. The lowest BCUT2D eigenvalue weighted by atomic mass is 9.97. The molecule has 6 nitrogen and oxygen atoms in total. The van der Waals surface area contributed by atoms with E-state index in [9.17, 15) is 4.79 Å². The fourth-order valence-corrected chi connectivity index (χ4v) is 5.35. The maximum Gasteiger partial charge on any atom is 0.407 e. The third-order valence-corrected chi connectivity index (χ3v) is 11.6. The second kappa shape index (κ2) is 13.5. The maximum absolute atomic E-state index is 12.8. The Labute approximate surface area is 223 Å². The van der Waals surface area contributed by atoms with Crippen molar-refractivity contribution in [3.63, 3.8) is 0 Å². The van der Waals surface area contributed by atoms with Crippen molar-refractivity contribution < 1.29 is 14.0 Å². The first-order chi connectivity index (χ1) is 17.6. The SMILES string of the molecule is CC(C)(C)[Si](C)(C)OC(CCc1ccccc1)CC(Cc1ccncc1)NC(=O)OCc1cccnc1. The lowest BCUT2D eigenvalue weighted by molar-refractivity contribution is 0.122. The van der Waals surface area contributed by atoms with Crippen LogP contribution in [0.1, 0.15) is 50.3 Å². The number of pyridine rings is 2. The average molecular weight is 520 g/mol. The number of benzene rings is 1. The summed E-state index contributed by atoms with van der Waals surface area (Å²) >= 11 is 0. The molecule has 7 heteroatoms. The first-order valence-corrected chi connectivity index (χ1v) is 16.0. The Bertz CT molecular complexity index is 1070. The number of rotatable bonds is 12. The summed E-state index contributed by atoms with van der Waals surface area (Å²) < 4.78 is 12.5. The van der Waals surface area contributed by atoms with Crippen molar-refractivity contribution in [2.24, 2.45) is 0 Å². The molecule has 0 radical (unpaired) electrons. The maximum atomic E-state index is 12.8. The molecule has 0 spiro atoms. The molecule has 2 atom stereocenters. The van der Waals surface area contributed by atoms with Crippen LogP contribution in [0.4, 0.5) is 4.79 Å². The van der Waals surface area contributed by atoms with E-state index in [-0.39, 0.29) is 23.8 Å². The average Bonchev–Trinajstić information content (AvgIpc) is 2.87. The zero-order chi connectivity index (χ0) is 26.7. The Morgan fingerprint density at radius 2 is 1.62 bits per heavy atom. The van der Waals surface area contributed by atoms with Gasteiger partial charge in [0.15, 0.2) is 8.32 Å². The van der Waals surface area contributed by atoms with Crippen LogP contribution in [0.5, 0.6) is 0 Å². The number of hydrogen-bond donors (Lipinski definition) is 1. The molecule has 0 bridgehead atoms. The predicted molar refractivity (Wildman–Crippen MR) is 151 cm³/mol. The molecule has 0 aliphatic carbocycles. The molecule has 0 saturated heterocycles. The van der Waals surface area contributed by atoms with Gasteiger partial charge in [-0.25, -0.2) is 4.79 Å². The summed E-state index contributed by atoms with van der Waals surface area (Å²) in [4.78, 5) is 21.1. The Balaban J connectivity index is 1.74. The van der Waals surface area contributed by atoms with E-state index in [1.165, 1.54) is 5.56 Å². The Morgan fingerprint density at radius 3 is 2.27 bits per heavy atom. The number of aryl methyl sites for hydroxylation is 1. The van der Waals surface area contributed by atoms with E-state index in [1.807, 2.05) is 30.3 Å². The van der Waals surface area contributed by atoms with Crippen molar-refractivity contribution in [1.82, 2.24) is 15.3 Å². The summed E-state index contributed by atoms with van der Waals surface area (Å²) in [6.07, 6.45) is 9.72. The number of carbonyl (C=O) groups is 1. The van der Waals surface area contributed by atoms with Gasteiger partial charge >= 0.3 is 6.09 Å². The van der Waals surface area contributed by atoms with Gasteiger partial charge in [-0.15, -0.1) is 0 Å². The van der Waals surface area contributed by atoms with E-state index < -0.39 is 14.4 Å². The summed E-state index contributed by atoms with van der Waals surface area (Å²) in [6, 6.07) is 18.1. The van der Waals surface area contributed by atoms with E-state index >= 15 is 0 Å². The third-order valence-electron chi connectivity index (χ3n) is 7.06. The molecule has 1 amide bonds. The Kier molecular flexibility index (Phi) is 10.4. The Hall–Kier alpha value is -3.03. The minimum absolute atomic E-state index is 0.00607. The van der Waals surface area contributed by atoms with Gasteiger partial charge in [0.1, 0.15) is 6.61 Å². The van der Waals surface area contributed by atoms with Gasteiger partial charge in [-0.05, 0) is 73.1 Å². The van der Waals surface area contributed by atoms with Crippen LogP contribution in [-0.4, -0.2) is 36.5 Å². The number of aromatic nitrogens is 2. The summed E-state index contributed by atoms with van der Waals surface area (Å²) in [7, 11) is -2.03. The van der Waals surface area contributed by atoms with Crippen LogP contribution in [0.15, 0.2) is 79.4 Å². The number of ether oxygens (including phenoxy) is 1. The minimum Gasteiger partial charge on any atom is -0.445 e. The van der Waals surface area contributed by atoms with Crippen molar-refractivity contribution in [2.45, 2.75) is 83.3 Å². The van der Waals surface area contributed by atoms with Gasteiger partial charge in [0.25, 0.3) is 0 Å². The van der Waals surface area contributed by atoms with Gasteiger partial charge in [-0.3, -0.25) is 9.97 Å². The molecule has 2 unspecified atom stereocenters. The highest BCUT2D eigenvalue weighted by atomic mass is 28.4. The van der Waals surface area contributed by atoms with Gasteiger partial charge in [0.05, 0.1) is 0 Å². The van der Waals surface area contributed by atoms with Gasteiger partial charge in [-0.1, -0.05) is 57.2 Å². The lowest BCUT2D eigenvalue weighted by Gasteiger charge is -2.40. The molecule has 0 aliphatic rings. The molecule has 0 saturated carbocycles. The van der Waals surface area contributed by atoms with E-state index in [0.29, 0.717) is 12.8 Å². The number of nitrogens with zero attached hydrogens (tertiary/aromatic N) is 2. The summed E-state index contributed by atoms with van der Waals surface area (Å²) in [5, 5.41) is 3.21. The molecule has 1 N–H and O–H groups in total. The topological polar surface area (TPSA) is 73.3 Å². The highest BCUT2D eigenvalue weighted by Crippen LogP contribution is 2.38. The number of hydrogen-bond acceptors (Lipinski definition) is 5. The van der Waals surface area contributed by atoms with Crippen molar-refractivity contribution in [3.05, 3.63) is 96.1 Å². The fraction of sp³-hybridized carbons (Fsp3) is 0.433. The van der Waals surface area contributed by atoms with Crippen molar-refractivity contribution in [2.75, 3.05) is 0 Å². The molecular formula is C30H41N3O3Si. The number of carbonyl (C=O) groups excluding carboxylic acids is 1. The molecule has 1 aromatic carbocycles. The van der Waals surface area contributed by atoms with Crippen molar-refractivity contribution >= 4 is 14.4 Å². The molecule has 198 valence electrons. The normalized spacial score (nSPS) is 13.5. The number of nitrogens with one attached hydrogen (secondary N) is 1. The second-order valence-corrected chi connectivity index (χ2v) is 15.9. The molecule has 2 aromatic heterocycles. The molecule has 0 aliphatic heterocycles. The zero-order valence-corrected chi connectivity index (χ0v) is 23.8. The van der Waals surface area contributed by atoms with Crippen LogP contribution in [0.25, 0.3) is 0 Å². The molecule has 3 rings (SSSR count). The molecule has 3 aromatic rings. The lowest BCUT2D eigenvalue weighted by Crippen LogP contribution is -2.46. The summed E-state index contributed by atoms with van der Waals surface area (Å²) in [5.41, 5.74) is 3.26. The van der Waals surface area contributed by atoms with E-state index in [4.69, 9.17) is 9.16 Å². The van der Waals surface area contributed by atoms with Crippen molar-refractivity contribution in [3.8, 4) is 0 Å². The van der Waals surface area contributed by atoms with Crippen LogP contribution in [0.3, 0.4) is 0 Å². The zero-order valence-electron chi connectivity index (χ0n) is 22.8. The summed E-state index contributed by atoms with van der Waals surface area (Å²) in [5.74, 6) is 0. The van der Waals surface area contributed by atoms with Crippen LogP contribution in [0, 0.1) is 0 Å². The van der Waals surface area contributed by atoms with Gasteiger partial charge in [-0.2, -0.15) is 0 Å². The van der Waals surface area contributed by atoms with Gasteiger partial charge in [0.2, 0.25) is 0 Å². The molecule has 0 fully saturated rings. The van der Waals surface area contributed by atoms with Crippen LogP contribution < -0.4 is 5.32 Å². The first kappa shape index (κ1) is 28.5. The standard InChI is InChI=1S/C30H41N3O3Si/c1-30(2,3)37(4,5)36-28(14-13-24-10-7-6-8-11-24)21-27(20-25-15-18-31-19-16-25)33-29(34)35-23-26-12-9-17-32-22-26/h6-12,15-19,22,27-28H,13-14,20-21,23H2,1-5H3,(H,33,34). The van der Waals surface area contributed by atoms with E-state index in [0.717, 1.165) is 24.0 Å². The second-order valence-electron chi connectivity index (χ2n) is 11.1. The Morgan fingerprint density at radius 1 is 0.919 bits per heavy atom. The highest BCUT2D eigenvalue weighted by Gasteiger charge is 2.39. The smallest absolute Gasteiger partial charge is 0.407 e. The van der Waals surface area contributed by atoms with Gasteiger partial charge < -0.3 is 14.5 Å². The molecule has 2 heterocycles. The van der Waals surface area contributed by atoms with Crippen LogP contribution in [-0.2, 0) is 28.6 Å². The quantitative estimate of drug-likeness (QED) is 0.269. The highest BCUT2D eigenvalue weighted by molar-refractivity contribution is 6.74. The monoisotopic (exact) mass is 519 g/mol. The van der Waals surface area contributed by atoms with E-state index in [2.05, 4.69) is 73.4 Å². The van der Waals surface area contributed by atoms with E-state index in [1.54, 1.807) is 24.8 Å².